The molecule has 0 bridgehead atoms. The minimum Gasteiger partial charge on any atom is -0.473 e. The van der Waals surface area contributed by atoms with Crippen molar-refractivity contribution in [2.45, 2.75) is 37.8 Å². The summed E-state index contributed by atoms with van der Waals surface area (Å²) in [4.78, 5) is 15.8. The fraction of sp³-hybridized carbons (Fsp3) is 0.381. The molecule has 1 saturated carbocycles. The summed E-state index contributed by atoms with van der Waals surface area (Å²) in [5.74, 6) is 0.479. The Bertz CT molecular complexity index is 1300. The molecule has 0 amide bonds. The van der Waals surface area contributed by atoms with Gasteiger partial charge in [-0.15, -0.1) is 5.10 Å². The van der Waals surface area contributed by atoms with E-state index >= 15 is 0 Å². The van der Waals surface area contributed by atoms with Crippen LogP contribution >= 0.6 is 11.6 Å². The van der Waals surface area contributed by atoms with E-state index in [0.717, 1.165) is 47.8 Å². The van der Waals surface area contributed by atoms with Crippen molar-refractivity contribution in [3.8, 4) is 17.1 Å². The van der Waals surface area contributed by atoms with Crippen molar-refractivity contribution < 1.29 is 4.74 Å². The van der Waals surface area contributed by atoms with Crippen molar-refractivity contribution in [1.29, 1.82) is 0 Å². The van der Waals surface area contributed by atoms with Crippen LogP contribution in [-0.4, -0.2) is 40.4 Å². The van der Waals surface area contributed by atoms with Crippen molar-refractivity contribution >= 4 is 22.5 Å². The Morgan fingerprint density at radius 1 is 1.10 bits per heavy atom. The summed E-state index contributed by atoms with van der Waals surface area (Å²) in [6, 6.07) is 5.21. The summed E-state index contributed by atoms with van der Waals surface area (Å²) >= 11 is 6.21. The van der Waals surface area contributed by atoms with E-state index in [4.69, 9.17) is 21.4 Å². The smallest absolute Gasteiger partial charge is 0.266 e. The zero-order chi connectivity index (χ0) is 21.5. The average Bonchev–Trinajstić information content (AvgIpc) is 3.34. The number of aromatic nitrogens is 7. The molecule has 10 heteroatoms. The fourth-order valence-corrected chi connectivity index (χ4v) is 4.32. The average molecular weight is 440 g/mol. The number of hydrogen-bond acceptors (Lipinski definition) is 6. The van der Waals surface area contributed by atoms with Gasteiger partial charge in [0.15, 0.2) is 0 Å². The molecule has 5 rings (SSSR count). The lowest BCUT2D eigenvalue weighted by Gasteiger charge is -2.29. The first kappa shape index (κ1) is 19.7. The van der Waals surface area contributed by atoms with Gasteiger partial charge in [0, 0.05) is 55.6 Å². The molecule has 0 N–H and O–H groups in total. The number of rotatable bonds is 4. The standard InChI is InChI=1S/C21H22ClN7O2/c1-27-12-13(10-24-27)21-16-11-23-18(22)9-17(16)29(26-21)14-3-5-15(6-4-14)31-19-7-8-20(30)28(2)25-19/h7-12,14-15H,3-6H2,1-2H3. The summed E-state index contributed by atoms with van der Waals surface area (Å²) in [5.41, 5.74) is 2.63. The van der Waals surface area contributed by atoms with Crippen molar-refractivity contribution in [2.75, 3.05) is 0 Å². The van der Waals surface area contributed by atoms with E-state index in [1.54, 1.807) is 24.0 Å². The number of halogens is 1. The molecular formula is C21H22ClN7O2. The van der Waals surface area contributed by atoms with Crippen LogP contribution < -0.4 is 10.3 Å². The summed E-state index contributed by atoms with van der Waals surface area (Å²) < 4.78 is 11.1. The zero-order valence-electron chi connectivity index (χ0n) is 17.3. The highest BCUT2D eigenvalue weighted by atomic mass is 35.5. The molecular weight excluding hydrogens is 418 g/mol. The fourth-order valence-electron chi connectivity index (χ4n) is 4.16. The van der Waals surface area contributed by atoms with Gasteiger partial charge in [0.25, 0.3) is 5.56 Å². The van der Waals surface area contributed by atoms with Gasteiger partial charge < -0.3 is 4.74 Å². The minimum absolute atomic E-state index is 0.0612. The van der Waals surface area contributed by atoms with Gasteiger partial charge in [-0.3, -0.25) is 14.2 Å². The maximum atomic E-state index is 11.5. The van der Waals surface area contributed by atoms with Crippen LogP contribution in [-0.2, 0) is 14.1 Å². The van der Waals surface area contributed by atoms with Crippen LogP contribution in [0.1, 0.15) is 31.7 Å². The van der Waals surface area contributed by atoms with Gasteiger partial charge in [-0.25, -0.2) is 9.67 Å². The van der Waals surface area contributed by atoms with Crippen LogP contribution in [0.25, 0.3) is 22.2 Å². The molecule has 1 fully saturated rings. The van der Waals surface area contributed by atoms with E-state index in [0.29, 0.717) is 11.0 Å². The van der Waals surface area contributed by atoms with Gasteiger partial charge in [0.2, 0.25) is 5.88 Å². The highest BCUT2D eigenvalue weighted by Crippen LogP contribution is 2.36. The highest BCUT2D eigenvalue weighted by molar-refractivity contribution is 6.30. The predicted molar refractivity (Wildman–Crippen MR) is 116 cm³/mol. The Morgan fingerprint density at radius 3 is 2.61 bits per heavy atom. The van der Waals surface area contributed by atoms with Crippen LogP contribution in [0.2, 0.25) is 5.15 Å². The summed E-state index contributed by atoms with van der Waals surface area (Å²) in [6.45, 7) is 0. The molecule has 1 aliphatic rings. The monoisotopic (exact) mass is 439 g/mol. The Balaban J connectivity index is 1.38. The molecule has 160 valence electrons. The Kier molecular flexibility index (Phi) is 4.97. The van der Waals surface area contributed by atoms with Gasteiger partial charge in [0.1, 0.15) is 17.0 Å². The predicted octanol–water partition coefficient (Wildman–Crippen LogP) is 3.14. The number of ether oxygens (including phenoxy) is 1. The van der Waals surface area contributed by atoms with Gasteiger partial charge in [0.05, 0.1) is 17.8 Å². The summed E-state index contributed by atoms with van der Waals surface area (Å²) in [5, 5.41) is 14.8. The SMILES string of the molecule is Cn1cc(-c2nn(C3CCC(Oc4ccc(=O)n(C)n4)CC3)c3cc(Cl)ncc23)cn1. The Hall–Kier alpha value is -3.20. The van der Waals surface area contributed by atoms with Crippen molar-refractivity contribution in [3.63, 3.8) is 0 Å². The molecule has 9 nitrogen and oxygen atoms in total. The third kappa shape index (κ3) is 3.81. The van der Waals surface area contributed by atoms with E-state index in [-0.39, 0.29) is 17.7 Å². The van der Waals surface area contributed by atoms with E-state index in [1.807, 2.05) is 25.5 Å². The third-order valence-electron chi connectivity index (χ3n) is 5.75. The van der Waals surface area contributed by atoms with Crippen LogP contribution in [0.4, 0.5) is 0 Å². The first-order chi connectivity index (χ1) is 15.0. The molecule has 0 radical (unpaired) electrons. The molecule has 4 heterocycles. The number of hydrogen-bond donors (Lipinski definition) is 0. The van der Waals surface area contributed by atoms with Crippen LogP contribution in [0.15, 0.2) is 41.6 Å². The lowest BCUT2D eigenvalue weighted by atomic mass is 9.93. The Morgan fingerprint density at radius 2 is 1.90 bits per heavy atom. The van der Waals surface area contributed by atoms with Crippen LogP contribution in [0, 0.1) is 0 Å². The minimum atomic E-state index is -0.154. The molecule has 0 atom stereocenters. The third-order valence-corrected chi connectivity index (χ3v) is 5.96. The summed E-state index contributed by atoms with van der Waals surface area (Å²) in [7, 11) is 3.51. The molecule has 0 saturated heterocycles. The largest absolute Gasteiger partial charge is 0.473 e. The van der Waals surface area contributed by atoms with E-state index < -0.39 is 0 Å². The van der Waals surface area contributed by atoms with Crippen molar-refractivity contribution in [1.82, 2.24) is 34.3 Å². The number of pyridine rings is 1. The number of fused-ring (bicyclic) bond motifs is 1. The quantitative estimate of drug-likeness (QED) is 0.453. The first-order valence-electron chi connectivity index (χ1n) is 10.2. The number of aryl methyl sites for hydroxylation is 2. The summed E-state index contributed by atoms with van der Waals surface area (Å²) in [6.07, 6.45) is 9.18. The maximum absolute atomic E-state index is 11.5. The lowest BCUT2D eigenvalue weighted by molar-refractivity contribution is 0.123. The lowest BCUT2D eigenvalue weighted by Crippen LogP contribution is -2.27. The molecule has 0 unspecified atom stereocenters. The van der Waals surface area contributed by atoms with E-state index in [2.05, 4.69) is 19.9 Å². The zero-order valence-corrected chi connectivity index (χ0v) is 18.0. The van der Waals surface area contributed by atoms with Crippen LogP contribution in [0.5, 0.6) is 5.88 Å². The molecule has 31 heavy (non-hydrogen) atoms. The highest BCUT2D eigenvalue weighted by Gasteiger charge is 2.27. The molecule has 4 aromatic heterocycles. The van der Waals surface area contributed by atoms with Crippen LogP contribution in [0.3, 0.4) is 0 Å². The van der Waals surface area contributed by atoms with Crippen molar-refractivity contribution in [3.05, 3.63) is 52.3 Å². The Labute approximate surface area is 183 Å². The second kappa shape index (κ2) is 7.81. The second-order valence-corrected chi connectivity index (χ2v) is 8.29. The normalized spacial score (nSPS) is 19.1. The van der Waals surface area contributed by atoms with Gasteiger partial charge in [-0.2, -0.15) is 10.2 Å². The molecule has 4 aromatic rings. The topological polar surface area (TPSA) is 92.7 Å². The second-order valence-electron chi connectivity index (χ2n) is 7.90. The molecule has 1 aliphatic carbocycles. The maximum Gasteiger partial charge on any atom is 0.266 e. The van der Waals surface area contributed by atoms with Gasteiger partial charge in [-0.05, 0) is 25.7 Å². The molecule has 0 aromatic carbocycles. The van der Waals surface area contributed by atoms with E-state index in [1.165, 1.54) is 10.7 Å². The molecule has 0 spiro atoms. The first-order valence-corrected chi connectivity index (χ1v) is 10.6. The number of nitrogens with zero attached hydrogens (tertiary/aromatic N) is 7. The molecule has 0 aliphatic heterocycles. The van der Waals surface area contributed by atoms with E-state index in [9.17, 15) is 4.79 Å². The van der Waals surface area contributed by atoms with Crippen molar-refractivity contribution in [2.24, 2.45) is 14.1 Å². The van der Waals surface area contributed by atoms with Gasteiger partial charge in [-0.1, -0.05) is 11.6 Å². The van der Waals surface area contributed by atoms with Gasteiger partial charge >= 0.3 is 0 Å².